The van der Waals surface area contributed by atoms with Crippen molar-refractivity contribution in [2.75, 3.05) is 6.54 Å². The smallest absolute Gasteiger partial charge is 0.414 e. The molecule has 0 radical (unpaired) electrons. The van der Waals surface area contributed by atoms with Crippen LogP contribution in [0.3, 0.4) is 0 Å². The maximum Gasteiger partial charge on any atom is 0.414 e. The average molecular weight is 534 g/mol. The fourth-order valence-electron chi connectivity index (χ4n) is 2.51. The Labute approximate surface area is 214 Å². The fraction of sp³-hybridized carbons (Fsp3) is 0.125. The van der Waals surface area contributed by atoms with Crippen molar-refractivity contribution >= 4 is 46.7 Å². The Morgan fingerprint density at radius 1 is 0.838 bits per heavy atom. The molecule has 0 atom stereocenters. The van der Waals surface area contributed by atoms with Gasteiger partial charge in [-0.05, 0) is 59.8 Å². The molecule has 1 aromatic heterocycles. The highest BCUT2D eigenvalue weighted by Gasteiger charge is 2.05. The third-order valence-corrected chi connectivity index (χ3v) is 5.00. The van der Waals surface area contributed by atoms with Crippen LogP contribution in [0.4, 0.5) is 10.1 Å². The molecule has 0 fully saturated rings. The van der Waals surface area contributed by atoms with Gasteiger partial charge in [-0.2, -0.15) is 0 Å². The topological polar surface area (TPSA) is 200 Å². The van der Waals surface area contributed by atoms with Crippen molar-refractivity contribution in [2.24, 2.45) is 10.7 Å². The summed E-state index contributed by atoms with van der Waals surface area (Å²) in [5.74, 6) is -6.96. The summed E-state index contributed by atoms with van der Waals surface area (Å²) >= 11 is 1.58. The van der Waals surface area contributed by atoms with Gasteiger partial charge >= 0.3 is 23.9 Å². The lowest BCUT2D eigenvalue weighted by molar-refractivity contribution is -0.159. The van der Waals surface area contributed by atoms with Crippen LogP contribution in [-0.2, 0) is 32.1 Å². The van der Waals surface area contributed by atoms with Crippen LogP contribution >= 0.6 is 11.3 Å². The first-order chi connectivity index (χ1) is 17.5. The third kappa shape index (κ3) is 13.2. The summed E-state index contributed by atoms with van der Waals surface area (Å²) in [5, 5.41) is 34.9. The molecule has 0 spiro atoms. The van der Waals surface area contributed by atoms with E-state index in [0.29, 0.717) is 12.4 Å². The van der Waals surface area contributed by atoms with Crippen molar-refractivity contribution in [1.29, 1.82) is 0 Å². The number of aliphatic carboxylic acids is 4. The predicted octanol–water partition coefficient (Wildman–Crippen LogP) is 2.57. The number of aliphatic imine (C=N–C) groups is 1. The predicted molar refractivity (Wildman–Crippen MR) is 133 cm³/mol. The van der Waals surface area contributed by atoms with E-state index in [1.165, 1.54) is 11.6 Å². The van der Waals surface area contributed by atoms with Crippen molar-refractivity contribution < 1.29 is 44.0 Å². The van der Waals surface area contributed by atoms with Crippen LogP contribution < -0.4 is 11.1 Å². The second-order valence-electron chi connectivity index (χ2n) is 6.92. The molecular formula is C24H24FN3O8S. The zero-order chi connectivity index (χ0) is 27.8. The molecular weight excluding hydrogens is 509 g/mol. The SMILES string of the molecule is NC(=Nc1cccc(CCNCc2cccc(F)c2)c1)c1cccs1.O=C(O)C(=O)O.O=C(O)C(=O)O. The van der Waals surface area contributed by atoms with E-state index in [0.717, 1.165) is 29.1 Å². The number of carbonyl (C=O) groups is 4. The Kier molecular flexibility index (Phi) is 13.3. The maximum atomic E-state index is 13.1. The first-order valence-corrected chi connectivity index (χ1v) is 11.2. The molecule has 0 amide bonds. The number of carboxylic acids is 4. The van der Waals surface area contributed by atoms with E-state index in [1.54, 1.807) is 23.5 Å². The van der Waals surface area contributed by atoms with Gasteiger partial charge in [-0.15, -0.1) is 11.3 Å². The van der Waals surface area contributed by atoms with Gasteiger partial charge in [0.25, 0.3) is 0 Å². The number of carboxylic acid groups (broad SMARTS) is 4. The summed E-state index contributed by atoms with van der Waals surface area (Å²) < 4.78 is 13.1. The highest BCUT2D eigenvalue weighted by Crippen LogP contribution is 2.17. The van der Waals surface area contributed by atoms with Gasteiger partial charge in [-0.25, -0.2) is 28.6 Å². The molecule has 3 aromatic rings. The van der Waals surface area contributed by atoms with Crippen LogP contribution in [0.15, 0.2) is 71.0 Å². The zero-order valence-electron chi connectivity index (χ0n) is 19.2. The molecule has 0 aliphatic carbocycles. The Bertz CT molecular complexity index is 1180. The van der Waals surface area contributed by atoms with Gasteiger partial charge in [0.2, 0.25) is 0 Å². The molecule has 196 valence electrons. The van der Waals surface area contributed by atoms with Gasteiger partial charge in [-0.1, -0.05) is 30.3 Å². The second kappa shape index (κ2) is 16.1. The number of nitrogens with zero attached hydrogens (tertiary/aromatic N) is 1. The molecule has 1 heterocycles. The van der Waals surface area contributed by atoms with Gasteiger partial charge in [0.15, 0.2) is 0 Å². The molecule has 0 aliphatic rings. The minimum Gasteiger partial charge on any atom is -0.473 e. The normalized spacial score (nSPS) is 10.2. The molecule has 0 bridgehead atoms. The highest BCUT2D eigenvalue weighted by atomic mass is 32.1. The van der Waals surface area contributed by atoms with E-state index < -0.39 is 23.9 Å². The van der Waals surface area contributed by atoms with E-state index in [2.05, 4.69) is 16.4 Å². The van der Waals surface area contributed by atoms with Crippen molar-refractivity contribution in [3.8, 4) is 0 Å². The lowest BCUT2D eigenvalue weighted by Crippen LogP contribution is -2.16. The van der Waals surface area contributed by atoms with Crippen LogP contribution in [0.25, 0.3) is 0 Å². The quantitative estimate of drug-likeness (QED) is 0.113. The summed E-state index contributed by atoms with van der Waals surface area (Å²) in [6, 6.07) is 18.6. The first-order valence-electron chi connectivity index (χ1n) is 10.3. The standard InChI is InChI=1S/C20H20FN3S.2C2H2O4/c21-17-6-1-5-16(12-17)14-23-10-9-15-4-2-7-18(13-15)24-20(22)19-8-3-11-25-19;2*3-1(4)2(5)6/h1-8,11-13,23H,9-10,14H2,(H2,22,24);2*(H,3,4)(H,5,6). The van der Waals surface area contributed by atoms with Crippen molar-refractivity contribution in [1.82, 2.24) is 5.32 Å². The molecule has 37 heavy (non-hydrogen) atoms. The molecule has 11 nitrogen and oxygen atoms in total. The highest BCUT2D eigenvalue weighted by molar-refractivity contribution is 7.12. The van der Waals surface area contributed by atoms with E-state index in [1.807, 2.05) is 41.8 Å². The third-order valence-electron chi connectivity index (χ3n) is 4.11. The largest absolute Gasteiger partial charge is 0.473 e. The average Bonchev–Trinajstić information content (AvgIpc) is 3.38. The summed E-state index contributed by atoms with van der Waals surface area (Å²) in [4.78, 5) is 41.9. The van der Waals surface area contributed by atoms with E-state index in [9.17, 15) is 4.39 Å². The van der Waals surface area contributed by atoms with Gasteiger partial charge in [0.1, 0.15) is 11.7 Å². The van der Waals surface area contributed by atoms with Crippen LogP contribution in [0.2, 0.25) is 0 Å². The van der Waals surface area contributed by atoms with Gasteiger partial charge in [0, 0.05) is 6.54 Å². The summed E-state index contributed by atoms with van der Waals surface area (Å²) in [7, 11) is 0. The number of hydrogen-bond donors (Lipinski definition) is 6. The number of nitrogens with two attached hydrogens (primary N) is 1. The number of rotatable bonds is 7. The second-order valence-corrected chi connectivity index (χ2v) is 7.87. The number of hydrogen-bond acceptors (Lipinski definition) is 7. The van der Waals surface area contributed by atoms with E-state index in [-0.39, 0.29) is 5.82 Å². The lowest BCUT2D eigenvalue weighted by atomic mass is 10.1. The molecule has 0 saturated carbocycles. The molecule has 2 aromatic carbocycles. The van der Waals surface area contributed by atoms with Crippen molar-refractivity contribution in [3.63, 3.8) is 0 Å². The Morgan fingerprint density at radius 2 is 1.43 bits per heavy atom. The van der Waals surface area contributed by atoms with Crippen LogP contribution in [0, 0.1) is 5.82 Å². The summed E-state index contributed by atoms with van der Waals surface area (Å²) in [5.41, 5.74) is 9.03. The molecule has 0 unspecified atom stereocenters. The summed E-state index contributed by atoms with van der Waals surface area (Å²) in [6.45, 7) is 1.46. The minimum absolute atomic E-state index is 0.201. The number of thiophene rings is 1. The molecule has 3 rings (SSSR count). The molecule has 13 heteroatoms. The number of halogens is 1. The van der Waals surface area contributed by atoms with E-state index >= 15 is 0 Å². The maximum absolute atomic E-state index is 13.1. The monoisotopic (exact) mass is 533 g/mol. The van der Waals surface area contributed by atoms with E-state index in [4.69, 9.17) is 45.3 Å². The van der Waals surface area contributed by atoms with Crippen molar-refractivity contribution in [2.45, 2.75) is 13.0 Å². The lowest BCUT2D eigenvalue weighted by Gasteiger charge is -2.06. The minimum atomic E-state index is -1.82. The summed E-state index contributed by atoms with van der Waals surface area (Å²) in [6.07, 6.45) is 0.873. The zero-order valence-corrected chi connectivity index (χ0v) is 20.0. The molecule has 0 saturated heterocycles. The fourth-order valence-corrected chi connectivity index (χ4v) is 3.14. The Balaban J connectivity index is 0.000000476. The number of nitrogens with one attached hydrogen (secondary N) is 1. The molecule has 0 aliphatic heterocycles. The van der Waals surface area contributed by atoms with Crippen molar-refractivity contribution in [3.05, 3.63) is 87.9 Å². The van der Waals surface area contributed by atoms with Gasteiger partial charge in [0.05, 0.1) is 10.6 Å². The van der Waals surface area contributed by atoms with Crippen LogP contribution in [0.1, 0.15) is 16.0 Å². The first kappa shape index (κ1) is 30.4. The molecule has 7 N–H and O–H groups in total. The Hall–Kier alpha value is -4.62. The van der Waals surface area contributed by atoms with Gasteiger partial charge < -0.3 is 31.5 Å². The van der Waals surface area contributed by atoms with Gasteiger partial charge in [-0.3, -0.25) is 0 Å². The number of benzene rings is 2. The number of amidine groups is 1. The van der Waals surface area contributed by atoms with Crippen LogP contribution in [0.5, 0.6) is 0 Å². The Morgan fingerprint density at radius 3 is 1.97 bits per heavy atom. The van der Waals surface area contributed by atoms with Crippen LogP contribution in [-0.4, -0.2) is 56.7 Å².